The highest BCUT2D eigenvalue weighted by Crippen LogP contribution is 1.89. The highest BCUT2D eigenvalue weighted by atomic mass is 16.3. The Morgan fingerprint density at radius 1 is 1.64 bits per heavy atom. The highest BCUT2D eigenvalue weighted by Gasteiger charge is 2.05. The summed E-state index contributed by atoms with van der Waals surface area (Å²) in [7, 11) is 1.80. The van der Waals surface area contributed by atoms with Gasteiger partial charge in [-0.05, 0) is 7.05 Å². The van der Waals surface area contributed by atoms with Gasteiger partial charge in [0.05, 0.1) is 18.8 Å². The summed E-state index contributed by atoms with van der Waals surface area (Å²) in [4.78, 5) is 1.81. The van der Waals surface area contributed by atoms with Crippen molar-refractivity contribution in [3.8, 4) is 6.07 Å². The summed E-state index contributed by atoms with van der Waals surface area (Å²) in [6.45, 7) is 0.822. The number of hydrogen-bond acceptors (Lipinski definition) is 4. The third kappa shape index (κ3) is 5.80. The van der Waals surface area contributed by atoms with Crippen LogP contribution in [0.2, 0.25) is 0 Å². The quantitative estimate of drug-likeness (QED) is 0.549. The summed E-state index contributed by atoms with van der Waals surface area (Å²) in [6.07, 6.45) is -0.243. The molecule has 4 heteroatoms. The van der Waals surface area contributed by atoms with Crippen LogP contribution in [0.3, 0.4) is 0 Å². The Kier molecular flexibility index (Phi) is 5.75. The molecule has 0 aromatic carbocycles. The maximum absolute atomic E-state index is 8.95. The molecule has 1 atom stereocenters. The zero-order valence-electron chi connectivity index (χ0n) is 6.69. The second kappa shape index (κ2) is 6.10. The van der Waals surface area contributed by atoms with Crippen LogP contribution in [-0.2, 0) is 0 Å². The van der Waals surface area contributed by atoms with Gasteiger partial charge in [0.2, 0.25) is 0 Å². The van der Waals surface area contributed by atoms with Gasteiger partial charge in [0.25, 0.3) is 0 Å². The Morgan fingerprint density at radius 3 is 2.73 bits per heavy atom. The molecule has 0 fully saturated rings. The zero-order chi connectivity index (χ0) is 8.69. The SMILES string of the molecule is CN(CCC#N)CC(O)CO. The monoisotopic (exact) mass is 158 g/mol. The molecule has 64 valence electrons. The molecule has 0 aliphatic heterocycles. The Labute approximate surface area is 66.7 Å². The van der Waals surface area contributed by atoms with Crippen molar-refractivity contribution in [3.05, 3.63) is 0 Å². The average Bonchev–Trinajstić information content (AvgIpc) is 2.00. The predicted molar refractivity (Wildman–Crippen MR) is 40.8 cm³/mol. The summed E-state index contributed by atoms with van der Waals surface area (Å²) in [6, 6.07) is 2.00. The molecule has 0 heterocycles. The van der Waals surface area contributed by atoms with Gasteiger partial charge in [-0.25, -0.2) is 0 Å². The van der Waals surface area contributed by atoms with E-state index in [4.69, 9.17) is 15.5 Å². The first-order valence-corrected chi connectivity index (χ1v) is 3.55. The van der Waals surface area contributed by atoms with Gasteiger partial charge in [-0.3, -0.25) is 0 Å². The van der Waals surface area contributed by atoms with Gasteiger partial charge in [-0.15, -0.1) is 0 Å². The van der Waals surface area contributed by atoms with Gasteiger partial charge >= 0.3 is 0 Å². The fourth-order valence-electron chi connectivity index (χ4n) is 0.750. The molecule has 0 saturated heterocycles. The van der Waals surface area contributed by atoms with Crippen molar-refractivity contribution >= 4 is 0 Å². The van der Waals surface area contributed by atoms with Gasteiger partial charge in [-0.2, -0.15) is 5.26 Å². The smallest absolute Gasteiger partial charge is 0.0897 e. The minimum absolute atomic E-state index is 0.225. The Morgan fingerprint density at radius 2 is 2.27 bits per heavy atom. The van der Waals surface area contributed by atoms with Gasteiger partial charge in [0, 0.05) is 19.5 Å². The molecular weight excluding hydrogens is 144 g/mol. The van der Waals surface area contributed by atoms with Crippen molar-refractivity contribution in [3.63, 3.8) is 0 Å². The fourth-order valence-corrected chi connectivity index (χ4v) is 0.750. The molecule has 0 radical (unpaired) electrons. The number of nitrogens with zero attached hydrogens (tertiary/aromatic N) is 2. The van der Waals surface area contributed by atoms with Crippen LogP contribution < -0.4 is 0 Å². The number of rotatable bonds is 5. The number of aliphatic hydroxyl groups excluding tert-OH is 2. The highest BCUT2D eigenvalue weighted by molar-refractivity contribution is 4.71. The molecule has 2 N–H and O–H groups in total. The van der Waals surface area contributed by atoms with Crippen molar-refractivity contribution in [2.75, 3.05) is 26.7 Å². The van der Waals surface area contributed by atoms with E-state index in [2.05, 4.69) is 0 Å². The van der Waals surface area contributed by atoms with E-state index in [1.807, 2.05) is 11.0 Å². The molecule has 0 aliphatic carbocycles. The molecule has 0 spiro atoms. The topological polar surface area (TPSA) is 67.5 Å². The lowest BCUT2D eigenvalue weighted by molar-refractivity contribution is 0.0672. The summed E-state index contributed by atoms with van der Waals surface area (Å²) in [5.41, 5.74) is 0. The van der Waals surface area contributed by atoms with Crippen LogP contribution in [0.15, 0.2) is 0 Å². The van der Waals surface area contributed by atoms with Crippen molar-refractivity contribution in [1.29, 1.82) is 5.26 Å². The van der Waals surface area contributed by atoms with E-state index < -0.39 is 6.10 Å². The number of nitriles is 1. The lowest BCUT2D eigenvalue weighted by atomic mass is 10.3. The summed E-state index contributed by atoms with van der Waals surface area (Å²) in [5.74, 6) is 0. The lowest BCUT2D eigenvalue weighted by Crippen LogP contribution is -2.31. The number of aliphatic hydroxyl groups is 2. The minimum Gasteiger partial charge on any atom is -0.394 e. The van der Waals surface area contributed by atoms with Crippen molar-refractivity contribution < 1.29 is 10.2 Å². The zero-order valence-corrected chi connectivity index (χ0v) is 6.69. The predicted octanol–water partition coefficient (Wildman–Crippen LogP) is -0.815. The van der Waals surface area contributed by atoms with E-state index in [0.717, 1.165) is 0 Å². The first kappa shape index (κ1) is 10.4. The standard InChI is InChI=1S/C7H14N2O2/c1-9(4-2-3-8)5-7(11)6-10/h7,10-11H,2,4-6H2,1H3. The van der Waals surface area contributed by atoms with Crippen LogP contribution in [0.4, 0.5) is 0 Å². The third-order valence-corrected chi connectivity index (χ3v) is 1.34. The lowest BCUT2D eigenvalue weighted by Gasteiger charge is -2.17. The molecule has 1 unspecified atom stereocenters. The number of hydrogen-bond donors (Lipinski definition) is 2. The van der Waals surface area contributed by atoms with E-state index in [1.165, 1.54) is 0 Å². The van der Waals surface area contributed by atoms with Crippen molar-refractivity contribution in [1.82, 2.24) is 4.90 Å². The fraction of sp³-hybridized carbons (Fsp3) is 0.857. The van der Waals surface area contributed by atoms with Crippen LogP contribution in [0.5, 0.6) is 0 Å². The van der Waals surface area contributed by atoms with Crippen LogP contribution in [0.1, 0.15) is 6.42 Å². The van der Waals surface area contributed by atoms with E-state index in [0.29, 0.717) is 19.5 Å². The third-order valence-electron chi connectivity index (χ3n) is 1.34. The van der Waals surface area contributed by atoms with Gasteiger partial charge in [0.1, 0.15) is 0 Å². The van der Waals surface area contributed by atoms with Crippen molar-refractivity contribution in [2.24, 2.45) is 0 Å². The maximum atomic E-state index is 8.95. The van der Waals surface area contributed by atoms with Crippen molar-refractivity contribution in [2.45, 2.75) is 12.5 Å². The normalized spacial score (nSPS) is 13.0. The molecule has 11 heavy (non-hydrogen) atoms. The molecule has 0 aromatic heterocycles. The first-order chi connectivity index (χ1) is 5.20. The van der Waals surface area contributed by atoms with Gasteiger partial charge in [-0.1, -0.05) is 0 Å². The Bertz CT molecular complexity index is 133. The molecular formula is C7H14N2O2. The van der Waals surface area contributed by atoms with Crippen LogP contribution in [0, 0.1) is 11.3 Å². The van der Waals surface area contributed by atoms with Crippen LogP contribution in [-0.4, -0.2) is 48.0 Å². The Balaban J connectivity index is 3.37. The van der Waals surface area contributed by atoms with Crippen LogP contribution in [0.25, 0.3) is 0 Å². The number of likely N-dealkylation sites (N-methyl/N-ethyl adjacent to an activating group) is 1. The average molecular weight is 158 g/mol. The molecule has 0 aromatic rings. The largest absolute Gasteiger partial charge is 0.394 e. The molecule has 0 amide bonds. The molecule has 0 bridgehead atoms. The van der Waals surface area contributed by atoms with E-state index in [-0.39, 0.29) is 6.61 Å². The molecule has 0 saturated carbocycles. The van der Waals surface area contributed by atoms with E-state index in [9.17, 15) is 0 Å². The Hall–Kier alpha value is -0.630. The first-order valence-electron chi connectivity index (χ1n) is 3.55. The second-order valence-electron chi connectivity index (χ2n) is 2.51. The molecule has 0 rings (SSSR count). The molecule has 0 aliphatic rings. The molecule has 4 nitrogen and oxygen atoms in total. The maximum Gasteiger partial charge on any atom is 0.0897 e. The van der Waals surface area contributed by atoms with Crippen LogP contribution >= 0.6 is 0 Å². The summed E-state index contributed by atoms with van der Waals surface area (Å²) >= 11 is 0. The van der Waals surface area contributed by atoms with E-state index in [1.54, 1.807) is 7.05 Å². The van der Waals surface area contributed by atoms with E-state index >= 15 is 0 Å². The summed E-state index contributed by atoms with van der Waals surface area (Å²) < 4.78 is 0. The summed E-state index contributed by atoms with van der Waals surface area (Å²) in [5, 5.41) is 25.6. The van der Waals surface area contributed by atoms with Gasteiger partial charge < -0.3 is 15.1 Å². The second-order valence-corrected chi connectivity index (χ2v) is 2.51. The minimum atomic E-state index is -0.696. The van der Waals surface area contributed by atoms with Gasteiger partial charge in [0.15, 0.2) is 0 Å².